The van der Waals surface area contributed by atoms with Crippen LogP contribution in [0.5, 0.6) is 0 Å². The third-order valence-corrected chi connectivity index (χ3v) is 6.88. The zero-order valence-electron chi connectivity index (χ0n) is 19.5. The van der Waals surface area contributed by atoms with E-state index in [1.807, 2.05) is 61.5 Å². The van der Waals surface area contributed by atoms with Crippen LogP contribution in [0, 0.1) is 6.92 Å². The van der Waals surface area contributed by atoms with Crippen LogP contribution in [0.3, 0.4) is 0 Å². The number of rotatable bonds is 4. The molecule has 180 valence electrons. The SMILES string of the molecule is Cc1nc(N2CCN(c3ncccn3)CC2)nc2c(-c3ccc(Cl)cc3)c(-c3ccccc3Cl)nn12. The smallest absolute Gasteiger partial charge is 0.229 e. The Bertz CT molecular complexity index is 1530. The number of aryl methyl sites for hydroxylation is 1. The molecule has 6 rings (SSSR count). The lowest BCUT2D eigenvalue weighted by Crippen LogP contribution is -2.47. The van der Waals surface area contributed by atoms with E-state index in [1.54, 1.807) is 16.9 Å². The van der Waals surface area contributed by atoms with E-state index in [-0.39, 0.29) is 0 Å². The highest BCUT2D eigenvalue weighted by Gasteiger charge is 2.25. The van der Waals surface area contributed by atoms with Gasteiger partial charge in [0, 0.05) is 49.2 Å². The summed E-state index contributed by atoms with van der Waals surface area (Å²) in [5.74, 6) is 2.17. The topological polar surface area (TPSA) is 75.3 Å². The molecule has 1 fully saturated rings. The van der Waals surface area contributed by atoms with Crippen LogP contribution in [0.1, 0.15) is 5.82 Å². The van der Waals surface area contributed by atoms with Crippen molar-refractivity contribution < 1.29 is 0 Å². The average molecular weight is 517 g/mol. The van der Waals surface area contributed by atoms with E-state index in [0.29, 0.717) is 16.0 Å². The molecular weight excluding hydrogens is 495 g/mol. The molecule has 0 radical (unpaired) electrons. The number of benzene rings is 2. The van der Waals surface area contributed by atoms with Gasteiger partial charge in [-0.05, 0) is 36.8 Å². The summed E-state index contributed by atoms with van der Waals surface area (Å²) < 4.78 is 1.79. The molecule has 5 aromatic rings. The maximum atomic E-state index is 6.60. The molecule has 0 bridgehead atoms. The van der Waals surface area contributed by atoms with Gasteiger partial charge < -0.3 is 9.80 Å². The molecule has 0 amide bonds. The van der Waals surface area contributed by atoms with Gasteiger partial charge in [-0.15, -0.1) is 0 Å². The Balaban J connectivity index is 1.44. The molecule has 3 aromatic heterocycles. The average Bonchev–Trinajstić information content (AvgIpc) is 3.30. The second kappa shape index (κ2) is 9.37. The summed E-state index contributed by atoms with van der Waals surface area (Å²) in [5.41, 5.74) is 4.17. The first kappa shape index (κ1) is 22.7. The maximum absolute atomic E-state index is 6.60. The Labute approximate surface area is 218 Å². The Hall–Kier alpha value is -3.75. The van der Waals surface area contributed by atoms with Crippen molar-refractivity contribution >= 4 is 40.7 Å². The summed E-state index contributed by atoms with van der Waals surface area (Å²) in [4.78, 5) is 23.0. The van der Waals surface area contributed by atoms with Gasteiger partial charge in [-0.25, -0.2) is 9.97 Å². The molecule has 1 saturated heterocycles. The van der Waals surface area contributed by atoms with Gasteiger partial charge >= 0.3 is 0 Å². The van der Waals surface area contributed by atoms with Gasteiger partial charge in [-0.2, -0.15) is 19.6 Å². The Morgan fingerprint density at radius 1 is 0.750 bits per heavy atom. The first-order valence-corrected chi connectivity index (χ1v) is 12.4. The van der Waals surface area contributed by atoms with Crippen molar-refractivity contribution in [3.63, 3.8) is 0 Å². The molecule has 0 spiro atoms. The molecule has 1 aliphatic rings. The first-order valence-electron chi connectivity index (χ1n) is 11.6. The molecule has 0 N–H and O–H groups in total. The van der Waals surface area contributed by atoms with Gasteiger partial charge in [-0.3, -0.25) is 0 Å². The van der Waals surface area contributed by atoms with Gasteiger partial charge in [0.2, 0.25) is 11.9 Å². The second-order valence-electron chi connectivity index (χ2n) is 8.54. The van der Waals surface area contributed by atoms with E-state index in [4.69, 9.17) is 38.3 Å². The molecule has 0 atom stereocenters. The second-order valence-corrected chi connectivity index (χ2v) is 9.38. The number of piperazine rings is 1. The van der Waals surface area contributed by atoms with E-state index in [0.717, 1.165) is 66.0 Å². The summed E-state index contributed by atoms with van der Waals surface area (Å²) in [6, 6.07) is 17.2. The van der Waals surface area contributed by atoms with Crippen LogP contribution in [0.25, 0.3) is 28.0 Å². The van der Waals surface area contributed by atoms with Crippen molar-refractivity contribution in [2.24, 2.45) is 0 Å². The van der Waals surface area contributed by atoms with Crippen molar-refractivity contribution in [2.75, 3.05) is 36.0 Å². The molecule has 36 heavy (non-hydrogen) atoms. The van der Waals surface area contributed by atoms with Gasteiger partial charge in [0.25, 0.3) is 0 Å². The van der Waals surface area contributed by atoms with Gasteiger partial charge in [-0.1, -0.05) is 53.5 Å². The van der Waals surface area contributed by atoms with Crippen molar-refractivity contribution in [3.05, 3.63) is 82.9 Å². The van der Waals surface area contributed by atoms with E-state index in [9.17, 15) is 0 Å². The highest BCUT2D eigenvalue weighted by atomic mass is 35.5. The molecular formula is C26H22Cl2N8. The van der Waals surface area contributed by atoms with Crippen LogP contribution in [-0.4, -0.2) is 55.7 Å². The van der Waals surface area contributed by atoms with Gasteiger partial charge in [0.1, 0.15) is 11.5 Å². The molecule has 8 nitrogen and oxygen atoms in total. The lowest BCUT2D eigenvalue weighted by Gasteiger charge is -2.34. The van der Waals surface area contributed by atoms with Gasteiger partial charge in [0.15, 0.2) is 5.65 Å². The molecule has 1 aliphatic heterocycles. The molecule has 0 saturated carbocycles. The normalized spacial score (nSPS) is 14.0. The summed E-state index contributed by atoms with van der Waals surface area (Å²) in [7, 11) is 0. The minimum atomic E-state index is 0.626. The third kappa shape index (κ3) is 4.12. The van der Waals surface area contributed by atoms with E-state index < -0.39 is 0 Å². The first-order chi connectivity index (χ1) is 17.6. The fraction of sp³-hybridized carbons (Fsp3) is 0.192. The third-order valence-electron chi connectivity index (χ3n) is 6.29. The monoisotopic (exact) mass is 516 g/mol. The number of anilines is 2. The highest BCUT2D eigenvalue weighted by molar-refractivity contribution is 6.33. The maximum Gasteiger partial charge on any atom is 0.229 e. The minimum absolute atomic E-state index is 0.626. The van der Waals surface area contributed by atoms with Crippen LogP contribution in [0.15, 0.2) is 67.0 Å². The summed E-state index contributed by atoms with van der Waals surface area (Å²) in [6.07, 6.45) is 3.53. The highest BCUT2D eigenvalue weighted by Crippen LogP contribution is 2.38. The van der Waals surface area contributed by atoms with Crippen molar-refractivity contribution in [2.45, 2.75) is 6.92 Å². The molecule has 0 unspecified atom stereocenters. The molecule has 2 aromatic carbocycles. The summed E-state index contributed by atoms with van der Waals surface area (Å²) in [5, 5.41) is 6.20. The lowest BCUT2D eigenvalue weighted by atomic mass is 10.0. The number of nitrogens with zero attached hydrogens (tertiary/aromatic N) is 8. The number of fused-ring (bicyclic) bond motifs is 1. The number of hydrogen-bond acceptors (Lipinski definition) is 7. The Morgan fingerprint density at radius 3 is 2.11 bits per heavy atom. The quantitative estimate of drug-likeness (QED) is 0.325. The Morgan fingerprint density at radius 2 is 1.42 bits per heavy atom. The van der Waals surface area contributed by atoms with Crippen molar-refractivity contribution in [1.29, 1.82) is 0 Å². The van der Waals surface area contributed by atoms with E-state index >= 15 is 0 Å². The summed E-state index contributed by atoms with van der Waals surface area (Å²) >= 11 is 12.8. The molecule has 10 heteroatoms. The Kier molecular flexibility index (Phi) is 5.91. The fourth-order valence-electron chi connectivity index (χ4n) is 4.48. The van der Waals surface area contributed by atoms with Crippen LogP contribution < -0.4 is 9.80 Å². The van der Waals surface area contributed by atoms with E-state index in [1.165, 1.54) is 0 Å². The van der Waals surface area contributed by atoms with Crippen molar-refractivity contribution in [1.82, 2.24) is 29.5 Å². The standard InChI is InChI=1S/C26H22Cl2N8/c1-17-31-26(35-15-13-34(14-16-35)25-29-11-4-12-30-25)32-24-22(18-7-9-19(27)10-8-18)23(33-36(17)24)20-5-2-3-6-21(20)28/h2-12H,13-16H2,1H3. The minimum Gasteiger partial charge on any atom is -0.337 e. The largest absolute Gasteiger partial charge is 0.337 e. The summed E-state index contributed by atoms with van der Waals surface area (Å²) in [6.45, 7) is 5.03. The zero-order valence-corrected chi connectivity index (χ0v) is 21.0. The predicted molar refractivity (Wildman–Crippen MR) is 143 cm³/mol. The fourth-order valence-corrected chi connectivity index (χ4v) is 4.83. The van der Waals surface area contributed by atoms with Crippen LogP contribution in [0.2, 0.25) is 10.0 Å². The zero-order chi connectivity index (χ0) is 24.6. The number of hydrogen-bond donors (Lipinski definition) is 0. The number of aromatic nitrogens is 6. The van der Waals surface area contributed by atoms with Crippen LogP contribution >= 0.6 is 23.2 Å². The van der Waals surface area contributed by atoms with Gasteiger partial charge in [0.05, 0.1) is 10.6 Å². The molecule has 4 heterocycles. The van der Waals surface area contributed by atoms with Crippen LogP contribution in [-0.2, 0) is 0 Å². The van der Waals surface area contributed by atoms with Crippen molar-refractivity contribution in [3.8, 4) is 22.4 Å². The van der Waals surface area contributed by atoms with Crippen LogP contribution in [0.4, 0.5) is 11.9 Å². The number of halogens is 2. The molecule has 0 aliphatic carbocycles. The van der Waals surface area contributed by atoms with E-state index in [2.05, 4.69) is 19.8 Å². The lowest BCUT2D eigenvalue weighted by molar-refractivity contribution is 0.624. The predicted octanol–water partition coefficient (Wildman–Crippen LogP) is 5.19.